The number of rotatable bonds is 5. The topological polar surface area (TPSA) is 107 Å². The van der Waals surface area contributed by atoms with Gasteiger partial charge in [-0.15, -0.1) is 0 Å². The SMILES string of the molecule is CC[C@@](O)(C=O)c1cc2n(c(=O)c1COC)Cc1c-2nc2cc(F)c(C)c3c2c1[C@@H](N)CC3. The van der Waals surface area contributed by atoms with Crippen LogP contribution in [0.1, 0.15) is 59.2 Å². The van der Waals surface area contributed by atoms with Gasteiger partial charge in [0.25, 0.3) is 5.56 Å². The first-order valence-electron chi connectivity index (χ1n) is 11.1. The van der Waals surface area contributed by atoms with E-state index < -0.39 is 5.60 Å². The number of hydrogen-bond donors (Lipinski definition) is 2. The van der Waals surface area contributed by atoms with Crippen molar-refractivity contribution in [2.75, 3.05) is 7.11 Å². The van der Waals surface area contributed by atoms with E-state index in [0.29, 0.717) is 41.6 Å². The molecule has 2 atom stereocenters. The van der Waals surface area contributed by atoms with Gasteiger partial charge in [0.1, 0.15) is 11.4 Å². The molecule has 5 rings (SSSR count). The molecule has 7 nitrogen and oxygen atoms in total. The highest BCUT2D eigenvalue weighted by atomic mass is 19.1. The zero-order chi connectivity index (χ0) is 23.7. The van der Waals surface area contributed by atoms with E-state index in [9.17, 15) is 19.1 Å². The summed E-state index contributed by atoms with van der Waals surface area (Å²) in [5.74, 6) is -0.320. The molecular weight excluding hydrogens is 425 g/mol. The maximum atomic E-state index is 14.7. The molecule has 172 valence electrons. The van der Waals surface area contributed by atoms with Gasteiger partial charge in [0.15, 0.2) is 6.29 Å². The number of nitrogens with zero attached hydrogens (tertiary/aromatic N) is 2. The van der Waals surface area contributed by atoms with E-state index in [4.69, 9.17) is 15.5 Å². The lowest BCUT2D eigenvalue weighted by Crippen LogP contribution is -2.34. The molecule has 1 aliphatic carbocycles. The van der Waals surface area contributed by atoms with Crippen LogP contribution in [0.25, 0.3) is 22.3 Å². The first-order chi connectivity index (χ1) is 15.8. The second kappa shape index (κ2) is 7.55. The van der Waals surface area contributed by atoms with Crippen LogP contribution in [0.2, 0.25) is 0 Å². The predicted molar refractivity (Wildman–Crippen MR) is 121 cm³/mol. The van der Waals surface area contributed by atoms with Crippen LogP contribution in [0.15, 0.2) is 16.9 Å². The van der Waals surface area contributed by atoms with Crippen molar-refractivity contribution >= 4 is 17.2 Å². The number of fused-ring (bicyclic) bond motifs is 4. The van der Waals surface area contributed by atoms with Crippen LogP contribution < -0.4 is 11.3 Å². The summed E-state index contributed by atoms with van der Waals surface area (Å²) in [6, 6.07) is 2.81. The van der Waals surface area contributed by atoms with Crippen LogP contribution in [0.3, 0.4) is 0 Å². The second-order valence-electron chi connectivity index (χ2n) is 9.00. The third-order valence-corrected chi connectivity index (χ3v) is 7.27. The molecule has 33 heavy (non-hydrogen) atoms. The Labute approximate surface area is 190 Å². The van der Waals surface area contributed by atoms with Gasteiger partial charge in [-0.2, -0.15) is 0 Å². The number of methoxy groups -OCH3 is 1. The number of aromatic nitrogens is 2. The van der Waals surface area contributed by atoms with Crippen molar-refractivity contribution < 1.29 is 19.0 Å². The summed E-state index contributed by atoms with van der Waals surface area (Å²) in [4.78, 5) is 30.1. The molecule has 3 heterocycles. The van der Waals surface area contributed by atoms with Crippen LogP contribution in [0.5, 0.6) is 0 Å². The molecule has 0 saturated carbocycles. The van der Waals surface area contributed by atoms with Gasteiger partial charge in [-0.1, -0.05) is 6.92 Å². The molecule has 0 amide bonds. The van der Waals surface area contributed by atoms with Crippen molar-refractivity contribution in [2.24, 2.45) is 5.73 Å². The van der Waals surface area contributed by atoms with E-state index in [2.05, 4.69) is 0 Å². The summed E-state index contributed by atoms with van der Waals surface area (Å²) >= 11 is 0. The predicted octanol–water partition coefficient (Wildman–Crippen LogP) is 2.76. The molecule has 0 radical (unpaired) electrons. The minimum atomic E-state index is -1.83. The number of aryl methyl sites for hydroxylation is 1. The fourth-order valence-electron chi connectivity index (χ4n) is 5.39. The molecule has 3 aromatic rings. The maximum Gasteiger partial charge on any atom is 0.257 e. The Hall–Kier alpha value is -2.94. The van der Waals surface area contributed by atoms with Crippen LogP contribution in [-0.4, -0.2) is 28.1 Å². The molecule has 8 heteroatoms. The summed E-state index contributed by atoms with van der Waals surface area (Å²) in [6.45, 7) is 3.67. The Kier molecular flexibility index (Phi) is 5.00. The number of nitrogens with two attached hydrogens (primary N) is 1. The Morgan fingerprint density at radius 2 is 2.15 bits per heavy atom. The van der Waals surface area contributed by atoms with Crippen LogP contribution in [0, 0.1) is 12.7 Å². The lowest BCUT2D eigenvalue weighted by Gasteiger charge is -2.26. The zero-order valence-electron chi connectivity index (χ0n) is 18.9. The van der Waals surface area contributed by atoms with E-state index in [-0.39, 0.29) is 48.1 Å². The van der Waals surface area contributed by atoms with Gasteiger partial charge in [-0.3, -0.25) is 9.59 Å². The number of hydrogen-bond acceptors (Lipinski definition) is 6. The van der Waals surface area contributed by atoms with Crippen molar-refractivity contribution in [3.05, 3.63) is 61.7 Å². The van der Waals surface area contributed by atoms with E-state index in [0.717, 1.165) is 22.1 Å². The number of carbonyl (C=O) groups is 1. The fraction of sp³-hybridized carbons (Fsp3) is 0.400. The highest BCUT2D eigenvalue weighted by Gasteiger charge is 2.37. The highest BCUT2D eigenvalue weighted by Crippen LogP contribution is 2.44. The van der Waals surface area contributed by atoms with E-state index in [1.165, 1.54) is 13.2 Å². The summed E-state index contributed by atoms with van der Waals surface area (Å²) in [6.07, 6.45) is 1.89. The number of halogens is 1. The minimum absolute atomic E-state index is 0.0444. The molecule has 0 saturated heterocycles. The molecule has 2 aromatic heterocycles. The summed E-state index contributed by atoms with van der Waals surface area (Å²) < 4.78 is 21.5. The Morgan fingerprint density at radius 1 is 1.39 bits per heavy atom. The van der Waals surface area contributed by atoms with Gasteiger partial charge in [0, 0.05) is 41.3 Å². The minimum Gasteiger partial charge on any atom is -0.380 e. The first kappa shape index (κ1) is 21.9. The van der Waals surface area contributed by atoms with Gasteiger partial charge in [0.2, 0.25) is 0 Å². The van der Waals surface area contributed by atoms with Gasteiger partial charge >= 0.3 is 0 Å². The summed E-state index contributed by atoms with van der Waals surface area (Å²) in [7, 11) is 1.46. The zero-order valence-corrected chi connectivity index (χ0v) is 18.9. The molecular formula is C25H26FN3O4. The van der Waals surface area contributed by atoms with Crippen molar-refractivity contribution in [3.8, 4) is 11.4 Å². The average Bonchev–Trinajstić information content (AvgIpc) is 3.18. The number of aliphatic hydroxyl groups is 1. The fourth-order valence-corrected chi connectivity index (χ4v) is 5.39. The average molecular weight is 451 g/mol. The number of pyridine rings is 2. The molecule has 0 spiro atoms. The van der Waals surface area contributed by atoms with Crippen LogP contribution in [-0.2, 0) is 34.7 Å². The Bertz CT molecular complexity index is 1400. The number of benzene rings is 1. The van der Waals surface area contributed by atoms with Crippen molar-refractivity contribution in [2.45, 2.75) is 57.9 Å². The van der Waals surface area contributed by atoms with E-state index >= 15 is 0 Å². The van der Waals surface area contributed by atoms with E-state index in [1.54, 1.807) is 24.5 Å². The first-order valence-corrected chi connectivity index (χ1v) is 11.1. The Morgan fingerprint density at radius 3 is 2.82 bits per heavy atom. The Balaban J connectivity index is 1.87. The van der Waals surface area contributed by atoms with Gasteiger partial charge in [-0.25, -0.2) is 9.37 Å². The van der Waals surface area contributed by atoms with Crippen LogP contribution in [0.4, 0.5) is 4.39 Å². The van der Waals surface area contributed by atoms with Crippen molar-refractivity contribution in [1.29, 1.82) is 0 Å². The molecule has 1 aromatic carbocycles. The highest BCUT2D eigenvalue weighted by molar-refractivity contribution is 5.93. The van der Waals surface area contributed by atoms with Gasteiger partial charge in [0.05, 0.1) is 30.1 Å². The number of aldehydes is 1. The van der Waals surface area contributed by atoms with Gasteiger partial charge in [-0.05, 0) is 48.9 Å². The molecule has 1 aliphatic heterocycles. The lowest BCUT2D eigenvalue weighted by atomic mass is 9.82. The van der Waals surface area contributed by atoms with Crippen molar-refractivity contribution in [1.82, 2.24) is 9.55 Å². The quantitative estimate of drug-likeness (QED) is 0.452. The number of carbonyl (C=O) groups excluding carboxylic acids is 1. The van der Waals surface area contributed by atoms with E-state index in [1.807, 2.05) is 0 Å². The normalized spacial score (nSPS) is 18.2. The summed E-state index contributed by atoms with van der Waals surface area (Å²) in [5, 5.41) is 11.9. The largest absolute Gasteiger partial charge is 0.380 e. The molecule has 0 bridgehead atoms. The summed E-state index contributed by atoms with van der Waals surface area (Å²) in [5.41, 5.74) is 9.59. The second-order valence-corrected chi connectivity index (χ2v) is 9.00. The molecule has 3 N–H and O–H groups in total. The maximum absolute atomic E-state index is 14.7. The molecule has 2 aliphatic rings. The lowest BCUT2D eigenvalue weighted by molar-refractivity contribution is -0.125. The molecule has 0 unspecified atom stereocenters. The standard InChI is InChI=1S/C25H26FN3O4/c1-4-25(32,11-30)16-7-20-23-14(9-29(20)24(31)15(16)10-33-3)21-18(27)6-5-13-12(2)17(26)8-19(28-23)22(13)21/h7-8,11,18,32H,4-6,9-10,27H2,1-3H3/t18-,25+/m0/s1. The van der Waals surface area contributed by atoms with Crippen molar-refractivity contribution in [3.63, 3.8) is 0 Å². The monoisotopic (exact) mass is 451 g/mol. The third-order valence-electron chi connectivity index (χ3n) is 7.27. The van der Waals surface area contributed by atoms with Gasteiger partial charge < -0.3 is 20.1 Å². The third kappa shape index (κ3) is 2.94. The smallest absolute Gasteiger partial charge is 0.257 e. The number of ether oxygens (including phenoxy) is 1. The molecule has 0 fully saturated rings. The van der Waals surface area contributed by atoms with Crippen LogP contribution >= 0.6 is 0 Å².